The van der Waals surface area contributed by atoms with Crippen LogP contribution < -0.4 is 4.90 Å². The van der Waals surface area contributed by atoms with E-state index in [1.54, 1.807) is 44.8 Å². The summed E-state index contributed by atoms with van der Waals surface area (Å²) in [5.74, 6) is -0.172. The standard InChI is InChI=1S/C21H25N5O3/c1-21-10-8-19(28)26(21)17-7-5-4-6-16(17)20(29)25(21)11-9-18(27)23(2)13-15-12-22-24(3)14-15/h4-7,12,14H,8-11,13H2,1-3H3/t21-/m0/s1. The van der Waals surface area contributed by atoms with E-state index in [4.69, 9.17) is 0 Å². The number of hydrogen-bond donors (Lipinski definition) is 0. The molecule has 8 heteroatoms. The lowest BCUT2D eigenvalue weighted by Crippen LogP contribution is -2.62. The first-order valence-corrected chi connectivity index (χ1v) is 9.77. The lowest BCUT2D eigenvalue weighted by atomic mass is 9.98. The van der Waals surface area contributed by atoms with Gasteiger partial charge in [0.2, 0.25) is 11.8 Å². The maximum Gasteiger partial charge on any atom is 0.257 e. The average Bonchev–Trinajstić information content (AvgIpc) is 3.24. The van der Waals surface area contributed by atoms with Crippen LogP contribution in [0.25, 0.3) is 0 Å². The summed E-state index contributed by atoms with van der Waals surface area (Å²) in [5.41, 5.74) is 1.39. The Bertz CT molecular complexity index is 984. The molecule has 1 saturated heterocycles. The highest BCUT2D eigenvalue weighted by Crippen LogP contribution is 2.43. The predicted molar refractivity (Wildman–Crippen MR) is 107 cm³/mol. The molecular formula is C21H25N5O3. The Balaban J connectivity index is 1.51. The van der Waals surface area contributed by atoms with E-state index in [-0.39, 0.29) is 30.7 Å². The van der Waals surface area contributed by atoms with E-state index in [2.05, 4.69) is 5.10 Å². The zero-order chi connectivity index (χ0) is 20.8. The minimum absolute atomic E-state index is 0.0115. The van der Waals surface area contributed by atoms with E-state index >= 15 is 0 Å². The van der Waals surface area contributed by atoms with Gasteiger partial charge >= 0.3 is 0 Å². The highest BCUT2D eigenvalue weighted by molar-refractivity contribution is 6.10. The second-order valence-corrected chi connectivity index (χ2v) is 7.94. The molecule has 1 fully saturated rings. The largest absolute Gasteiger partial charge is 0.341 e. The average molecular weight is 395 g/mol. The molecule has 3 amide bonds. The van der Waals surface area contributed by atoms with Gasteiger partial charge in [0.05, 0.1) is 17.4 Å². The maximum absolute atomic E-state index is 13.2. The molecule has 8 nitrogen and oxygen atoms in total. The van der Waals surface area contributed by atoms with Gasteiger partial charge in [0, 0.05) is 51.8 Å². The van der Waals surface area contributed by atoms with Gasteiger partial charge in [0.25, 0.3) is 5.91 Å². The van der Waals surface area contributed by atoms with Crippen molar-refractivity contribution in [2.24, 2.45) is 7.05 Å². The SMILES string of the molecule is CN(Cc1cnn(C)c1)C(=O)CCN1C(=O)c2ccccc2N2C(=O)CC[C@@]12C. The number of benzene rings is 1. The van der Waals surface area contributed by atoms with Gasteiger partial charge in [0.1, 0.15) is 5.66 Å². The molecule has 1 aromatic carbocycles. The zero-order valence-corrected chi connectivity index (χ0v) is 17.0. The molecule has 0 spiro atoms. The molecule has 0 aliphatic carbocycles. The number of anilines is 1. The lowest BCUT2D eigenvalue weighted by Gasteiger charge is -2.48. The summed E-state index contributed by atoms with van der Waals surface area (Å²) in [6, 6.07) is 7.20. The first-order valence-electron chi connectivity index (χ1n) is 9.77. The number of aromatic nitrogens is 2. The number of carbonyl (C=O) groups excluding carboxylic acids is 3. The van der Waals surface area contributed by atoms with Crippen molar-refractivity contribution < 1.29 is 14.4 Å². The molecule has 2 aliphatic rings. The molecule has 0 unspecified atom stereocenters. The van der Waals surface area contributed by atoms with Crippen LogP contribution in [0.3, 0.4) is 0 Å². The van der Waals surface area contributed by atoms with Crippen molar-refractivity contribution in [3.63, 3.8) is 0 Å². The Labute approximate surface area is 169 Å². The van der Waals surface area contributed by atoms with E-state index < -0.39 is 5.66 Å². The fourth-order valence-electron chi connectivity index (χ4n) is 4.36. The van der Waals surface area contributed by atoms with E-state index in [1.165, 1.54) is 0 Å². The van der Waals surface area contributed by atoms with Crippen LogP contribution >= 0.6 is 0 Å². The molecule has 0 bridgehead atoms. The molecule has 0 saturated carbocycles. The molecule has 0 radical (unpaired) electrons. The van der Waals surface area contributed by atoms with E-state index in [0.29, 0.717) is 30.6 Å². The van der Waals surface area contributed by atoms with Gasteiger partial charge in [-0.2, -0.15) is 5.10 Å². The number of nitrogens with zero attached hydrogens (tertiary/aromatic N) is 5. The van der Waals surface area contributed by atoms with Crippen molar-refractivity contribution in [1.29, 1.82) is 0 Å². The monoisotopic (exact) mass is 395 g/mol. The number of aryl methyl sites for hydroxylation is 1. The number of rotatable bonds is 5. The first kappa shape index (κ1) is 19.2. The molecule has 29 heavy (non-hydrogen) atoms. The van der Waals surface area contributed by atoms with Crippen LogP contribution in [0.4, 0.5) is 5.69 Å². The quantitative estimate of drug-likeness (QED) is 0.773. The summed E-state index contributed by atoms with van der Waals surface area (Å²) in [4.78, 5) is 43.5. The predicted octanol–water partition coefficient (Wildman–Crippen LogP) is 1.77. The van der Waals surface area contributed by atoms with Crippen LogP contribution in [-0.2, 0) is 23.2 Å². The van der Waals surface area contributed by atoms with Crippen molar-refractivity contribution >= 4 is 23.4 Å². The highest BCUT2D eigenvalue weighted by Gasteiger charge is 2.52. The number of fused-ring (bicyclic) bond motifs is 3. The van der Waals surface area contributed by atoms with Gasteiger partial charge in [-0.05, 0) is 25.5 Å². The zero-order valence-electron chi connectivity index (χ0n) is 17.0. The number of carbonyl (C=O) groups is 3. The van der Waals surface area contributed by atoms with Crippen molar-refractivity contribution in [2.45, 2.75) is 38.4 Å². The summed E-state index contributed by atoms with van der Waals surface area (Å²) in [7, 11) is 3.58. The molecule has 2 aromatic rings. The fraction of sp³-hybridized carbons (Fsp3) is 0.429. The van der Waals surface area contributed by atoms with Crippen LogP contribution in [0.2, 0.25) is 0 Å². The Morgan fingerprint density at radius 3 is 2.76 bits per heavy atom. The van der Waals surface area contributed by atoms with Gasteiger partial charge in [-0.25, -0.2) is 0 Å². The van der Waals surface area contributed by atoms with Crippen molar-refractivity contribution in [1.82, 2.24) is 19.6 Å². The normalized spacial score (nSPS) is 20.7. The third kappa shape index (κ3) is 3.18. The second-order valence-electron chi connectivity index (χ2n) is 7.94. The Morgan fingerprint density at radius 1 is 1.28 bits per heavy atom. The number of para-hydroxylation sites is 1. The molecular weight excluding hydrogens is 370 g/mol. The van der Waals surface area contributed by atoms with Gasteiger partial charge in [-0.15, -0.1) is 0 Å². The number of hydrogen-bond acceptors (Lipinski definition) is 4. The summed E-state index contributed by atoms with van der Waals surface area (Å²) in [6.45, 7) is 2.64. The topological polar surface area (TPSA) is 78.8 Å². The van der Waals surface area contributed by atoms with Crippen LogP contribution in [0, 0.1) is 0 Å². The molecule has 4 rings (SSSR count). The van der Waals surface area contributed by atoms with Crippen molar-refractivity contribution in [3.8, 4) is 0 Å². The molecule has 1 atom stereocenters. The van der Waals surface area contributed by atoms with Crippen LogP contribution in [-0.4, -0.2) is 56.6 Å². The molecule has 152 valence electrons. The molecule has 2 aliphatic heterocycles. The number of amides is 3. The van der Waals surface area contributed by atoms with E-state index in [9.17, 15) is 14.4 Å². The third-order valence-corrected chi connectivity index (χ3v) is 5.90. The molecule has 1 aromatic heterocycles. The van der Waals surface area contributed by atoms with Crippen molar-refractivity contribution in [2.75, 3.05) is 18.5 Å². The smallest absolute Gasteiger partial charge is 0.257 e. The Kier molecular flexibility index (Phi) is 4.64. The van der Waals surface area contributed by atoms with Gasteiger partial charge in [0.15, 0.2) is 0 Å². The fourth-order valence-corrected chi connectivity index (χ4v) is 4.36. The van der Waals surface area contributed by atoms with Gasteiger partial charge in [-0.3, -0.25) is 24.0 Å². The minimum Gasteiger partial charge on any atom is -0.341 e. The third-order valence-electron chi connectivity index (χ3n) is 5.90. The Morgan fingerprint density at radius 2 is 2.03 bits per heavy atom. The first-order chi connectivity index (χ1) is 13.8. The summed E-state index contributed by atoms with van der Waals surface area (Å²) >= 11 is 0. The summed E-state index contributed by atoms with van der Waals surface area (Å²) < 4.78 is 1.70. The minimum atomic E-state index is -0.731. The van der Waals surface area contributed by atoms with E-state index in [1.807, 2.05) is 32.3 Å². The van der Waals surface area contributed by atoms with Crippen LogP contribution in [0.1, 0.15) is 42.1 Å². The molecule has 0 N–H and O–H groups in total. The van der Waals surface area contributed by atoms with Crippen LogP contribution in [0.15, 0.2) is 36.7 Å². The van der Waals surface area contributed by atoms with Crippen LogP contribution in [0.5, 0.6) is 0 Å². The van der Waals surface area contributed by atoms with Gasteiger partial charge in [-0.1, -0.05) is 12.1 Å². The van der Waals surface area contributed by atoms with Crippen molar-refractivity contribution in [3.05, 3.63) is 47.8 Å². The summed E-state index contributed by atoms with van der Waals surface area (Å²) in [6.07, 6.45) is 4.76. The lowest BCUT2D eigenvalue weighted by molar-refractivity contribution is -0.130. The second kappa shape index (κ2) is 7.02. The Hall–Kier alpha value is -3.16. The van der Waals surface area contributed by atoms with Gasteiger partial charge < -0.3 is 9.80 Å². The maximum atomic E-state index is 13.2. The summed E-state index contributed by atoms with van der Waals surface area (Å²) in [5, 5.41) is 4.12. The van der Waals surface area contributed by atoms with E-state index in [0.717, 1.165) is 5.56 Å². The molecule has 3 heterocycles. The highest BCUT2D eigenvalue weighted by atomic mass is 16.2.